The lowest BCUT2D eigenvalue weighted by Gasteiger charge is -2.26. The van der Waals surface area contributed by atoms with Crippen molar-refractivity contribution in [1.29, 1.82) is 0 Å². The fourth-order valence-corrected chi connectivity index (χ4v) is 4.49. The van der Waals surface area contributed by atoms with Gasteiger partial charge in [0.25, 0.3) is 10.0 Å². The summed E-state index contributed by atoms with van der Waals surface area (Å²) in [5.74, 6) is 1.08. The van der Waals surface area contributed by atoms with Gasteiger partial charge in [-0.1, -0.05) is 40.2 Å². The van der Waals surface area contributed by atoms with Gasteiger partial charge in [0.1, 0.15) is 11.5 Å². The number of hydrogen-bond donors (Lipinski definition) is 0. The van der Waals surface area contributed by atoms with Crippen molar-refractivity contribution in [2.45, 2.75) is 11.4 Å². The van der Waals surface area contributed by atoms with Crippen LogP contribution in [0.2, 0.25) is 0 Å². The Kier molecular flexibility index (Phi) is 6.26. The molecule has 3 rings (SSSR count). The highest BCUT2D eigenvalue weighted by atomic mass is 79.9. The number of methoxy groups -OCH3 is 2. The molecule has 0 aromatic heterocycles. The van der Waals surface area contributed by atoms with E-state index in [1.54, 1.807) is 36.4 Å². The Bertz CT molecular complexity index is 1030. The molecule has 0 aliphatic heterocycles. The molecule has 0 fully saturated rings. The van der Waals surface area contributed by atoms with Gasteiger partial charge in [0.05, 0.1) is 31.3 Å². The minimum atomic E-state index is -3.83. The first-order valence-corrected chi connectivity index (χ1v) is 10.7. The summed E-state index contributed by atoms with van der Waals surface area (Å²) in [5, 5.41) is 0. The Morgan fingerprint density at radius 2 is 1.50 bits per heavy atom. The van der Waals surface area contributed by atoms with E-state index >= 15 is 0 Å². The fraction of sp³-hybridized carbons (Fsp3) is 0.143. The van der Waals surface area contributed by atoms with Crippen LogP contribution in [0.5, 0.6) is 11.5 Å². The molecular formula is C21H20BrNO4S. The minimum Gasteiger partial charge on any atom is -0.497 e. The van der Waals surface area contributed by atoms with Gasteiger partial charge in [-0.2, -0.15) is 0 Å². The summed E-state index contributed by atoms with van der Waals surface area (Å²) in [4.78, 5) is 0.177. The van der Waals surface area contributed by atoms with E-state index in [0.29, 0.717) is 17.2 Å². The molecule has 0 unspecified atom stereocenters. The molecule has 146 valence electrons. The van der Waals surface area contributed by atoms with Crippen LogP contribution in [-0.4, -0.2) is 22.6 Å². The first-order valence-electron chi connectivity index (χ1n) is 8.50. The first kappa shape index (κ1) is 20.2. The van der Waals surface area contributed by atoms with Crippen LogP contribution in [0, 0.1) is 0 Å². The maximum Gasteiger partial charge on any atom is 0.264 e. The molecular weight excluding hydrogens is 442 g/mol. The predicted octanol–water partition coefficient (Wildman–Crippen LogP) is 4.86. The fourth-order valence-electron chi connectivity index (χ4n) is 2.77. The van der Waals surface area contributed by atoms with Gasteiger partial charge in [-0.15, -0.1) is 0 Å². The number of sulfonamides is 1. The van der Waals surface area contributed by atoms with Crippen LogP contribution in [0.25, 0.3) is 0 Å². The van der Waals surface area contributed by atoms with Gasteiger partial charge in [-0.05, 0) is 54.1 Å². The third-order valence-corrected chi connectivity index (χ3v) is 6.54. The third-order valence-electron chi connectivity index (χ3n) is 4.24. The van der Waals surface area contributed by atoms with Gasteiger partial charge >= 0.3 is 0 Å². The number of hydrogen-bond acceptors (Lipinski definition) is 4. The number of benzene rings is 3. The third kappa shape index (κ3) is 4.31. The van der Waals surface area contributed by atoms with Gasteiger partial charge < -0.3 is 9.47 Å². The highest BCUT2D eigenvalue weighted by molar-refractivity contribution is 9.10. The standard InChI is InChI=1S/C21H20BrNO4S/c1-26-18-11-13-19(14-12-18)28(24,25)23(15-16-7-9-17(22)10-8-16)20-5-3-4-6-21(20)27-2/h3-14H,15H2,1-2H3. The molecule has 0 heterocycles. The van der Waals surface area contributed by atoms with Crippen molar-refractivity contribution in [3.63, 3.8) is 0 Å². The van der Waals surface area contributed by atoms with Crippen LogP contribution >= 0.6 is 15.9 Å². The first-order chi connectivity index (χ1) is 13.5. The number of rotatable bonds is 7. The van der Waals surface area contributed by atoms with E-state index in [4.69, 9.17) is 9.47 Å². The van der Waals surface area contributed by atoms with E-state index in [1.165, 1.54) is 30.7 Å². The van der Waals surface area contributed by atoms with Crippen LogP contribution in [0.15, 0.2) is 82.2 Å². The zero-order valence-corrected chi connectivity index (χ0v) is 17.9. The topological polar surface area (TPSA) is 55.8 Å². The molecule has 0 aliphatic carbocycles. The molecule has 5 nitrogen and oxygen atoms in total. The molecule has 0 spiro atoms. The van der Waals surface area contributed by atoms with Crippen LogP contribution in [0.4, 0.5) is 5.69 Å². The SMILES string of the molecule is COc1ccc(S(=O)(=O)N(Cc2ccc(Br)cc2)c2ccccc2OC)cc1. The maximum atomic E-state index is 13.5. The van der Waals surface area contributed by atoms with Crippen molar-refractivity contribution >= 4 is 31.6 Å². The van der Waals surface area contributed by atoms with E-state index in [1.807, 2.05) is 24.3 Å². The summed E-state index contributed by atoms with van der Waals surface area (Å²) in [5.41, 5.74) is 1.33. The highest BCUT2D eigenvalue weighted by Gasteiger charge is 2.27. The zero-order chi connectivity index (χ0) is 20.1. The summed E-state index contributed by atoms with van der Waals surface area (Å²) >= 11 is 3.41. The van der Waals surface area contributed by atoms with Crippen LogP contribution < -0.4 is 13.8 Å². The molecule has 0 radical (unpaired) electrons. The molecule has 28 heavy (non-hydrogen) atoms. The molecule has 0 N–H and O–H groups in total. The lowest BCUT2D eigenvalue weighted by molar-refractivity contribution is 0.414. The zero-order valence-electron chi connectivity index (χ0n) is 15.5. The number of anilines is 1. The maximum absolute atomic E-state index is 13.5. The van der Waals surface area contributed by atoms with E-state index in [0.717, 1.165) is 10.0 Å². The second kappa shape index (κ2) is 8.67. The van der Waals surface area contributed by atoms with Crippen molar-refractivity contribution in [3.05, 3.63) is 82.8 Å². The summed E-state index contributed by atoms with van der Waals surface area (Å²) < 4.78 is 39.8. The Hall–Kier alpha value is -2.51. The second-order valence-corrected chi connectivity index (χ2v) is 8.76. The van der Waals surface area contributed by atoms with Gasteiger partial charge in [0, 0.05) is 4.47 Å². The molecule has 0 saturated carbocycles. The summed E-state index contributed by atoms with van der Waals surface area (Å²) in [6, 6.07) is 21.0. The van der Waals surface area contributed by atoms with Crippen molar-refractivity contribution in [1.82, 2.24) is 0 Å². The van der Waals surface area contributed by atoms with Crippen molar-refractivity contribution in [3.8, 4) is 11.5 Å². The normalized spacial score (nSPS) is 11.1. The monoisotopic (exact) mass is 461 g/mol. The molecule has 0 atom stereocenters. The van der Waals surface area contributed by atoms with E-state index in [9.17, 15) is 8.42 Å². The Balaban J connectivity index is 2.09. The van der Waals surface area contributed by atoms with E-state index in [2.05, 4.69) is 15.9 Å². The van der Waals surface area contributed by atoms with Gasteiger partial charge in [-0.25, -0.2) is 8.42 Å². The molecule has 0 aliphatic rings. The highest BCUT2D eigenvalue weighted by Crippen LogP contribution is 2.34. The second-order valence-electron chi connectivity index (χ2n) is 5.99. The lowest BCUT2D eigenvalue weighted by atomic mass is 10.2. The summed E-state index contributed by atoms with van der Waals surface area (Å²) in [6.45, 7) is 0.169. The average Bonchev–Trinajstić information content (AvgIpc) is 2.73. The van der Waals surface area contributed by atoms with Crippen LogP contribution in [0.3, 0.4) is 0 Å². The molecule has 3 aromatic rings. The van der Waals surface area contributed by atoms with E-state index in [-0.39, 0.29) is 11.4 Å². The quantitative estimate of drug-likeness (QED) is 0.503. The molecule has 0 bridgehead atoms. The molecule has 7 heteroatoms. The molecule has 0 saturated heterocycles. The van der Waals surface area contributed by atoms with Gasteiger partial charge in [-0.3, -0.25) is 4.31 Å². The van der Waals surface area contributed by atoms with Gasteiger partial charge in [0.15, 0.2) is 0 Å². The number of nitrogens with zero attached hydrogens (tertiary/aromatic N) is 1. The Morgan fingerprint density at radius 1 is 0.857 bits per heavy atom. The smallest absolute Gasteiger partial charge is 0.264 e. The average molecular weight is 462 g/mol. The number of ether oxygens (including phenoxy) is 2. The number of halogens is 1. The number of para-hydroxylation sites is 2. The van der Waals surface area contributed by atoms with Crippen molar-refractivity contribution in [2.75, 3.05) is 18.5 Å². The minimum absolute atomic E-state index is 0.169. The van der Waals surface area contributed by atoms with Crippen molar-refractivity contribution in [2.24, 2.45) is 0 Å². The summed E-state index contributed by atoms with van der Waals surface area (Å²) in [6.07, 6.45) is 0. The molecule has 0 amide bonds. The summed E-state index contributed by atoms with van der Waals surface area (Å²) in [7, 11) is -0.770. The van der Waals surface area contributed by atoms with Crippen molar-refractivity contribution < 1.29 is 17.9 Å². The lowest BCUT2D eigenvalue weighted by Crippen LogP contribution is -2.31. The van der Waals surface area contributed by atoms with E-state index < -0.39 is 10.0 Å². The Morgan fingerprint density at radius 3 is 2.11 bits per heavy atom. The van der Waals surface area contributed by atoms with Crippen LogP contribution in [0.1, 0.15) is 5.56 Å². The Labute approximate surface area is 173 Å². The van der Waals surface area contributed by atoms with Crippen LogP contribution in [-0.2, 0) is 16.6 Å². The largest absolute Gasteiger partial charge is 0.497 e. The van der Waals surface area contributed by atoms with Gasteiger partial charge in [0.2, 0.25) is 0 Å². The predicted molar refractivity (Wildman–Crippen MR) is 113 cm³/mol. The molecule has 3 aromatic carbocycles.